The van der Waals surface area contributed by atoms with Gasteiger partial charge in [0.2, 0.25) is 0 Å². The largest absolute Gasteiger partial charge is 0.332 e. The molecule has 4 heteroatoms. The van der Waals surface area contributed by atoms with Crippen LogP contribution >= 0.6 is 0 Å². The van der Waals surface area contributed by atoms with E-state index in [2.05, 4.69) is 32.9 Å². The summed E-state index contributed by atoms with van der Waals surface area (Å²) >= 11 is 0. The van der Waals surface area contributed by atoms with E-state index < -0.39 is 0 Å². The molecule has 0 saturated carbocycles. The van der Waals surface area contributed by atoms with Gasteiger partial charge in [-0.15, -0.1) is 0 Å². The van der Waals surface area contributed by atoms with Crippen molar-refractivity contribution in [2.75, 3.05) is 6.54 Å². The Kier molecular flexibility index (Phi) is 3.74. The van der Waals surface area contributed by atoms with Crippen LogP contribution in [-0.2, 0) is 19.4 Å². The van der Waals surface area contributed by atoms with Crippen LogP contribution in [0.4, 0.5) is 0 Å². The number of aryl methyl sites for hydroxylation is 2. The van der Waals surface area contributed by atoms with Crippen molar-refractivity contribution in [3.8, 4) is 0 Å². The maximum Gasteiger partial charge on any atom is 0.140 e. The van der Waals surface area contributed by atoms with Crippen molar-refractivity contribution in [2.24, 2.45) is 5.73 Å². The number of nitrogens with zero attached hydrogens (tertiary/aromatic N) is 3. The van der Waals surface area contributed by atoms with Crippen molar-refractivity contribution in [3.05, 3.63) is 60.2 Å². The van der Waals surface area contributed by atoms with Gasteiger partial charge in [-0.05, 0) is 48.7 Å². The van der Waals surface area contributed by atoms with Gasteiger partial charge in [0.15, 0.2) is 0 Å². The fourth-order valence-electron chi connectivity index (χ4n) is 2.52. The van der Waals surface area contributed by atoms with Crippen LogP contribution in [0.25, 0.3) is 11.0 Å². The van der Waals surface area contributed by atoms with Crippen molar-refractivity contribution in [2.45, 2.75) is 19.4 Å². The number of rotatable bonds is 5. The standard InChI is InChI=1S/C16H18N4/c17-7-5-14-12-20(16-15(14)4-2-9-19-16)10-6-13-3-1-8-18-11-13/h1-4,8-9,11-12H,5-7,10,17H2. The number of fused-ring (bicyclic) bond motifs is 1. The molecule has 0 amide bonds. The molecule has 3 aromatic heterocycles. The topological polar surface area (TPSA) is 56.7 Å². The Morgan fingerprint density at radius 2 is 2.00 bits per heavy atom. The van der Waals surface area contributed by atoms with E-state index in [1.54, 1.807) is 6.20 Å². The first kappa shape index (κ1) is 12.8. The molecule has 102 valence electrons. The molecule has 2 N–H and O–H groups in total. The number of hydrogen-bond acceptors (Lipinski definition) is 3. The van der Waals surface area contributed by atoms with Crippen LogP contribution in [0.3, 0.4) is 0 Å². The Labute approximate surface area is 118 Å². The molecule has 0 aliphatic heterocycles. The predicted octanol–water partition coefficient (Wildman–Crippen LogP) is 2.18. The Morgan fingerprint density at radius 1 is 1.10 bits per heavy atom. The van der Waals surface area contributed by atoms with Crippen LogP contribution in [0.1, 0.15) is 11.1 Å². The van der Waals surface area contributed by atoms with Gasteiger partial charge in [-0.1, -0.05) is 6.07 Å². The summed E-state index contributed by atoms with van der Waals surface area (Å²) in [6, 6.07) is 8.18. The minimum absolute atomic E-state index is 0.663. The Hall–Kier alpha value is -2.20. The molecule has 0 aliphatic carbocycles. The van der Waals surface area contributed by atoms with Gasteiger partial charge in [-0.2, -0.15) is 0 Å². The first-order valence-corrected chi connectivity index (χ1v) is 6.90. The van der Waals surface area contributed by atoms with Crippen LogP contribution < -0.4 is 5.73 Å². The van der Waals surface area contributed by atoms with Crippen LogP contribution in [0.15, 0.2) is 49.1 Å². The number of aromatic nitrogens is 3. The smallest absolute Gasteiger partial charge is 0.140 e. The van der Waals surface area contributed by atoms with Gasteiger partial charge in [0, 0.05) is 36.7 Å². The zero-order chi connectivity index (χ0) is 13.8. The first-order chi connectivity index (χ1) is 9.88. The highest BCUT2D eigenvalue weighted by atomic mass is 15.0. The average Bonchev–Trinajstić information content (AvgIpc) is 2.85. The quantitative estimate of drug-likeness (QED) is 0.770. The minimum atomic E-state index is 0.663. The molecule has 20 heavy (non-hydrogen) atoms. The Morgan fingerprint density at radius 3 is 2.80 bits per heavy atom. The van der Waals surface area contributed by atoms with Crippen LogP contribution in [0.2, 0.25) is 0 Å². The second-order valence-electron chi connectivity index (χ2n) is 4.87. The molecule has 0 fully saturated rings. The molecule has 0 saturated heterocycles. The maximum atomic E-state index is 5.69. The molecule has 0 spiro atoms. The third kappa shape index (κ3) is 2.56. The highest BCUT2D eigenvalue weighted by Crippen LogP contribution is 2.20. The van der Waals surface area contributed by atoms with Crippen molar-refractivity contribution in [1.29, 1.82) is 0 Å². The highest BCUT2D eigenvalue weighted by molar-refractivity contribution is 5.80. The summed E-state index contributed by atoms with van der Waals surface area (Å²) in [5.41, 5.74) is 9.25. The van der Waals surface area contributed by atoms with E-state index in [9.17, 15) is 0 Å². The van der Waals surface area contributed by atoms with Crippen LogP contribution in [-0.4, -0.2) is 21.1 Å². The minimum Gasteiger partial charge on any atom is -0.332 e. The molecular formula is C16H18N4. The van der Waals surface area contributed by atoms with Gasteiger partial charge >= 0.3 is 0 Å². The normalized spacial score (nSPS) is 11.1. The summed E-state index contributed by atoms with van der Waals surface area (Å²) in [5.74, 6) is 0. The molecular weight excluding hydrogens is 248 g/mol. The van der Waals surface area contributed by atoms with Gasteiger partial charge in [0.05, 0.1) is 0 Å². The van der Waals surface area contributed by atoms with Gasteiger partial charge in [-0.3, -0.25) is 4.98 Å². The zero-order valence-corrected chi connectivity index (χ0v) is 11.4. The lowest BCUT2D eigenvalue weighted by atomic mass is 10.2. The van der Waals surface area contributed by atoms with E-state index in [1.807, 2.05) is 24.5 Å². The van der Waals surface area contributed by atoms with Crippen molar-refractivity contribution < 1.29 is 0 Å². The lowest BCUT2D eigenvalue weighted by molar-refractivity contribution is 0.711. The third-order valence-electron chi connectivity index (χ3n) is 3.49. The maximum absolute atomic E-state index is 5.69. The molecule has 3 heterocycles. The number of hydrogen-bond donors (Lipinski definition) is 1. The average molecular weight is 266 g/mol. The summed E-state index contributed by atoms with van der Waals surface area (Å²) in [4.78, 5) is 8.66. The summed E-state index contributed by atoms with van der Waals surface area (Å²) in [5, 5.41) is 1.21. The second-order valence-corrected chi connectivity index (χ2v) is 4.87. The molecule has 0 aliphatic rings. The monoisotopic (exact) mass is 266 g/mol. The lowest BCUT2D eigenvalue weighted by Gasteiger charge is -2.04. The van der Waals surface area contributed by atoms with Gasteiger partial charge in [0.1, 0.15) is 5.65 Å². The summed E-state index contributed by atoms with van der Waals surface area (Å²) in [7, 11) is 0. The molecule has 0 aromatic carbocycles. The second kappa shape index (κ2) is 5.84. The van der Waals surface area contributed by atoms with E-state index in [-0.39, 0.29) is 0 Å². The van der Waals surface area contributed by atoms with Crippen LogP contribution in [0.5, 0.6) is 0 Å². The Balaban J connectivity index is 1.87. The summed E-state index contributed by atoms with van der Waals surface area (Å²) < 4.78 is 2.22. The first-order valence-electron chi connectivity index (χ1n) is 6.90. The third-order valence-corrected chi connectivity index (χ3v) is 3.49. The fourth-order valence-corrected chi connectivity index (χ4v) is 2.52. The van der Waals surface area contributed by atoms with Crippen LogP contribution in [0, 0.1) is 0 Å². The molecule has 4 nitrogen and oxygen atoms in total. The summed E-state index contributed by atoms with van der Waals surface area (Å²) in [6.07, 6.45) is 9.59. The van der Waals surface area contributed by atoms with Gasteiger partial charge in [0.25, 0.3) is 0 Å². The molecule has 3 rings (SSSR count). The Bertz CT molecular complexity index is 688. The molecule has 0 radical (unpaired) electrons. The van der Waals surface area contributed by atoms with Crippen molar-refractivity contribution in [3.63, 3.8) is 0 Å². The van der Waals surface area contributed by atoms with Gasteiger partial charge in [-0.25, -0.2) is 4.98 Å². The van der Waals surface area contributed by atoms with Crippen molar-refractivity contribution >= 4 is 11.0 Å². The van der Waals surface area contributed by atoms with E-state index in [1.165, 1.54) is 16.5 Å². The van der Waals surface area contributed by atoms with E-state index >= 15 is 0 Å². The predicted molar refractivity (Wildman–Crippen MR) is 80.4 cm³/mol. The molecule has 0 bridgehead atoms. The molecule has 3 aromatic rings. The molecule has 0 unspecified atom stereocenters. The van der Waals surface area contributed by atoms with Gasteiger partial charge < -0.3 is 10.3 Å². The summed E-state index contributed by atoms with van der Waals surface area (Å²) in [6.45, 7) is 1.57. The lowest BCUT2D eigenvalue weighted by Crippen LogP contribution is -2.03. The highest BCUT2D eigenvalue weighted by Gasteiger charge is 2.08. The number of nitrogens with two attached hydrogens (primary N) is 1. The van der Waals surface area contributed by atoms with E-state index in [0.717, 1.165) is 25.0 Å². The van der Waals surface area contributed by atoms with E-state index in [0.29, 0.717) is 6.54 Å². The fraction of sp³-hybridized carbons (Fsp3) is 0.250. The zero-order valence-electron chi connectivity index (χ0n) is 11.4. The SMILES string of the molecule is NCCc1cn(CCc2cccnc2)c2ncccc12. The van der Waals surface area contributed by atoms with Crippen molar-refractivity contribution in [1.82, 2.24) is 14.5 Å². The molecule has 0 atom stereocenters. The number of pyridine rings is 2. The van der Waals surface area contributed by atoms with E-state index in [4.69, 9.17) is 5.73 Å².